The van der Waals surface area contributed by atoms with Gasteiger partial charge in [0.05, 0.1) is 6.54 Å². The van der Waals surface area contributed by atoms with Gasteiger partial charge in [-0.25, -0.2) is 0 Å². The first-order chi connectivity index (χ1) is 7.88. The first kappa shape index (κ1) is 14.2. The van der Waals surface area contributed by atoms with Gasteiger partial charge in [0, 0.05) is 25.7 Å². The molecule has 4 nitrogen and oxygen atoms in total. The molecule has 1 atom stereocenters. The van der Waals surface area contributed by atoms with Crippen LogP contribution in [0.3, 0.4) is 0 Å². The highest BCUT2D eigenvalue weighted by Crippen LogP contribution is 2.22. The standard InChI is InChI=1S/C10H17F3N2O2/c11-10(12,13)6-15-8(5-9(14)16)7-1-3-17-4-2-7/h7-8,15H,1-6H2,(H2,14,16). The molecule has 1 fully saturated rings. The predicted octanol–water partition coefficient (Wildman–Crippen LogP) is 0.809. The van der Waals surface area contributed by atoms with Crippen LogP contribution in [0.4, 0.5) is 13.2 Å². The van der Waals surface area contributed by atoms with E-state index in [0.29, 0.717) is 26.1 Å². The van der Waals surface area contributed by atoms with Gasteiger partial charge >= 0.3 is 6.18 Å². The van der Waals surface area contributed by atoms with Crippen LogP contribution in [0.5, 0.6) is 0 Å². The summed E-state index contributed by atoms with van der Waals surface area (Å²) < 4.78 is 41.5. The lowest BCUT2D eigenvalue weighted by Gasteiger charge is -2.30. The molecule has 0 radical (unpaired) electrons. The highest BCUT2D eigenvalue weighted by Gasteiger charge is 2.31. The maximum absolute atomic E-state index is 12.1. The molecule has 1 aliphatic rings. The molecule has 0 aromatic heterocycles. The molecule has 0 aliphatic carbocycles. The molecule has 0 aromatic carbocycles. The van der Waals surface area contributed by atoms with E-state index in [9.17, 15) is 18.0 Å². The fourth-order valence-corrected chi connectivity index (χ4v) is 1.99. The van der Waals surface area contributed by atoms with E-state index in [0.717, 1.165) is 0 Å². The summed E-state index contributed by atoms with van der Waals surface area (Å²) >= 11 is 0. The van der Waals surface area contributed by atoms with Crippen molar-refractivity contribution >= 4 is 5.91 Å². The molecular weight excluding hydrogens is 237 g/mol. The third-order valence-corrected chi connectivity index (χ3v) is 2.82. The van der Waals surface area contributed by atoms with E-state index >= 15 is 0 Å². The van der Waals surface area contributed by atoms with E-state index in [4.69, 9.17) is 10.5 Å². The molecule has 1 aliphatic heterocycles. The van der Waals surface area contributed by atoms with Crippen molar-refractivity contribution in [1.82, 2.24) is 5.32 Å². The number of ether oxygens (including phenoxy) is 1. The number of primary amides is 1. The quantitative estimate of drug-likeness (QED) is 0.763. The van der Waals surface area contributed by atoms with E-state index in [-0.39, 0.29) is 12.3 Å². The average molecular weight is 254 g/mol. The molecule has 7 heteroatoms. The Morgan fingerprint density at radius 1 is 1.41 bits per heavy atom. The Morgan fingerprint density at radius 3 is 2.47 bits per heavy atom. The minimum Gasteiger partial charge on any atom is -0.381 e. The fraction of sp³-hybridized carbons (Fsp3) is 0.900. The Morgan fingerprint density at radius 2 is 2.00 bits per heavy atom. The van der Waals surface area contributed by atoms with E-state index < -0.39 is 24.7 Å². The number of hydrogen-bond acceptors (Lipinski definition) is 3. The molecule has 0 spiro atoms. The van der Waals surface area contributed by atoms with Gasteiger partial charge in [-0.3, -0.25) is 4.79 Å². The third kappa shape index (κ3) is 5.88. The molecule has 1 saturated heterocycles. The number of rotatable bonds is 5. The van der Waals surface area contributed by atoms with Crippen LogP contribution in [0.1, 0.15) is 19.3 Å². The van der Waals surface area contributed by atoms with Crippen LogP contribution in [0.15, 0.2) is 0 Å². The molecule has 100 valence electrons. The monoisotopic (exact) mass is 254 g/mol. The number of halogens is 3. The average Bonchev–Trinajstić information content (AvgIpc) is 2.24. The second-order valence-corrected chi connectivity index (χ2v) is 4.22. The molecule has 17 heavy (non-hydrogen) atoms. The van der Waals surface area contributed by atoms with Gasteiger partial charge in [0.25, 0.3) is 0 Å². The number of carbonyl (C=O) groups is 1. The van der Waals surface area contributed by atoms with Crippen molar-refractivity contribution < 1.29 is 22.7 Å². The zero-order valence-corrected chi connectivity index (χ0v) is 9.43. The molecular formula is C10H17F3N2O2. The Labute approximate surface area is 97.7 Å². The van der Waals surface area contributed by atoms with Gasteiger partial charge in [0.2, 0.25) is 5.91 Å². The topological polar surface area (TPSA) is 64.4 Å². The second-order valence-electron chi connectivity index (χ2n) is 4.22. The molecule has 3 N–H and O–H groups in total. The van der Waals surface area contributed by atoms with Crippen LogP contribution in [0, 0.1) is 5.92 Å². The summed E-state index contributed by atoms with van der Waals surface area (Å²) in [7, 11) is 0. The van der Waals surface area contributed by atoms with E-state index in [1.807, 2.05) is 0 Å². The van der Waals surface area contributed by atoms with Crippen LogP contribution < -0.4 is 11.1 Å². The summed E-state index contributed by atoms with van der Waals surface area (Å²) in [5.41, 5.74) is 5.05. The highest BCUT2D eigenvalue weighted by molar-refractivity contribution is 5.74. The SMILES string of the molecule is NC(=O)CC(NCC(F)(F)F)C1CCOCC1. The van der Waals surface area contributed by atoms with Gasteiger partial charge < -0.3 is 15.8 Å². The maximum atomic E-state index is 12.1. The normalized spacial score (nSPS) is 20.2. The molecule has 1 rings (SSSR count). The fourth-order valence-electron chi connectivity index (χ4n) is 1.99. The number of alkyl halides is 3. The molecule has 1 heterocycles. The Kier molecular flexibility index (Phi) is 5.20. The lowest BCUT2D eigenvalue weighted by molar-refractivity contribution is -0.130. The first-order valence-electron chi connectivity index (χ1n) is 5.54. The van der Waals surface area contributed by atoms with Crippen molar-refractivity contribution in [3.63, 3.8) is 0 Å². The first-order valence-corrected chi connectivity index (χ1v) is 5.54. The number of hydrogen-bond donors (Lipinski definition) is 2. The summed E-state index contributed by atoms with van der Waals surface area (Å²) in [5.74, 6) is -0.574. The van der Waals surface area contributed by atoms with Crippen LogP contribution in [-0.2, 0) is 9.53 Å². The molecule has 0 bridgehead atoms. The summed E-state index contributed by atoms with van der Waals surface area (Å²) in [6.07, 6.45) is -3.03. The summed E-state index contributed by atoms with van der Waals surface area (Å²) in [6, 6.07) is -0.516. The Hall–Kier alpha value is -0.820. The molecule has 1 amide bonds. The largest absolute Gasteiger partial charge is 0.401 e. The zero-order valence-electron chi connectivity index (χ0n) is 9.43. The second kappa shape index (κ2) is 6.20. The van der Waals surface area contributed by atoms with Crippen LogP contribution in [0.25, 0.3) is 0 Å². The van der Waals surface area contributed by atoms with Gasteiger partial charge in [-0.2, -0.15) is 13.2 Å². The van der Waals surface area contributed by atoms with E-state index in [1.54, 1.807) is 0 Å². The summed E-state index contributed by atoms with van der Waals surface area (Å²) in [4.78, 5) is 10.8. The maximum Gasteiger partial charge on any atom is 0.401 e. The van der Waals surface area contributed by atoms with Gasteiger partial charge in [0.1, 0.15) is 0 Å². The third-order valence-electron chi connectivity index (χ3n) is 2.82. The lowest BCUT2D eigenvalue weighted by Crippen LogP contribution is -2.45. The number of amides is 1. The minimum absolute atomic E-state index is 0.0126. The highest BCUT2D eigenvalue weighted by atomic mass is 19.4. The van der Waals surface area contributed by atoms with Crippen molar-refractivity contribution in [3.8, 4) is 0 Å². The lowest BCUT2D eigenvalue weighted by atomic mass is 9.89. The van der Waals surface area contributed by atoms with Crippen molar-refractivity contribution in [2.45, 2.75) is 31.5 Å². The zero-order chi connectivity index (χ0) is 12.9. The summed E-state index contributed by atoms with van der Waals surface area (Å²) in [6.45, 7) is -0.0520. The van der Waals surface area contributed by atoms with Crippen molar-refractivity contribution in [2.24, 2.45) is 11.7 Å². The van der Waals surface area contributed by atoms with Crippen LogP contribution in [0.2, 0.25) is 0 Å². The minimum atomic E-state index is -4.28. The van der Waals surface area contributed by atoms with Crippen LogP contribution in [-0.4, -0.2) is 37.9 Å². The Balaban J connectivity index is 2.49. The molecule has 0 saturated carbocycles. The van der Waals surface area contributed by atoms with E-state index in [2.05, 4.69) is 5.32 Å². The van der Waals surface area contributed by atoms with E-state index in [1.165, 1.54) is 0 Å². The van der Waals surface area contributed by atoms with Gasteiger partial charge in [-0.1, -0.05) is 0 Å². The number of carbonyl (C=O) groups excluding carboxylic acids is 1. The van der Waals surface area contributed by atoms with Gasteiger partial charge in [-0.15, -0.1) is 0 Å². The predicted molar refractivity (Wildman–Crippen MR) is 55.2 cm³/mol. The van der Waals surface area contributed by atoms with Gasteiger partial charge in [0.15, 0.2) is 0 Å². The van der Waals surface area contributed by atoms with Crippen molar-refractivity contribution in [3.05, 3.63) is 0 Å². The number of nitrogens with two attached hydrogens (primary N) is 1. The van der Waals surface area contributed by atoms with Crippen molar-refractivity contribution in [2.75, 3.05) is 19.8 Å². The Bertz CT molecular complexity index is 252. The number of nitrogens with one attached hydrogen (secondary N) is 1. The van der Waals surface area contributed by atoms with Gasteiger partial charge in [-0.05, 0) is 18.8 Å². The molecule has 1 unspecified atom stereocenters. The smallest absolute Gasteiger partial charge is 0.381 e. The summed E-state index contributed by atoms with van der Waals surface area (Å²) in [5, 5.41) is 2.38. The van der Waals surface area contributed by atoms with Crippen LogP contribution >= 0.6 is 0 Å². The molecule has 0 aromatic rings. The van der Waals surface area contributed by atoms with Crippen molar-refractivity contribution in [1.29, 1.82) is 0 Å².